The van der Waals surface area contributed by atoms with E-state index in [1.54, 1.807) is 25.3 Å². The summed E-state index contributed by atoms with van der Waals surface area (Å²) >= 11 is 0. The van der Waals surface area contributed by atoms with Crippen molar-refractivity contribution in [2.75, 3.05) is 33.3 Å². The van der Waals surface area contributed by atoms with Crippen molar-refractivity contribution in [3.63, 3.8) is 0 Å². The average Bonchev–Trinajstić information content (AvgIpc) is 2.84. The smallest absolute Gasteiger partial charge is 0.243 e. The number of ether oxygens (including phenoxy) is 1. The molecule has 178 valence electrons. The van der Waals surface area contributed by atoms with Crippen LogP contribution in [0.2, 0.25) is 0 Å². The second-order valence-corrected chi connectivity index (χ2v) is 11.2. The highest BCUT2D eigenvalue weighted by Crippen LogP contribution is 2.29. The second-order valence-electron chi connectivity index (χ2n) is 9.29. The molecule has 2 aromatic carbocycles. The lowest BCUT2D eigenvalue weighted by molar-refractivity contribution is -0.138. The van der Waals surface area contributed by atoms with Gasteiger partial charge in [-0.1, -0.05) is 30.3 Å². The van der Waals surface area contributed by atoms with Crippen LogP contribution in [0.5, 0.6) is 5.75 Å². The Balaban J connectivity index is 1.36. The molecule has 4 rings (SSSR count). The van der Waals surface area contributed by atoms with E-state index in [9.17, 15) is 13.2 Å². The minimum absolute atomic E-state index is 0.110. The Hall–Kier alpha value is -2.38. The van der Waals surface area contributed by atoms with E-state index in [4.69, 9.17) is 4.74 Å². The molecule has 2 aliphatic heterocycles. The third-order valence-corrected chi connectivity index (χ3v) is 8.89. The van der Waals surface area contributed by atoms with Crippen LogP contribution < -0.4 is 4.74 Å². The van der Waals surface area contributed by atoms with E-state index in [1.165, 1.54) is 9.87 Å². The zero-order valence-corrected chi connectivity index (χ0v) is 20.4. The first-order valence-electron chi connectivity index (χ1n) is 11.9. The van der Waals surface area contributed by atoms with E-state index >= 15 is 0 Å². The van der Waals surface area contributed by atoms with Gasteiger partial charge >= 0.3 is 0 Å². The molecule has 2 fully saturated rings. The monoisotopic (exact) mass is 470 g/mol. The first-order chi connectivity index (χ1) is 15.9. The van der Waals surface area contributed by atoms with Gasteiger partial charge in [0, 0.05) is 26.2 Å². The highest BCUT2D eigenvalue weighted by atomic mass is 32.2. The predicted molar refractivity (Wildman–Crippen MR) is 129 cm³/mol. The maximum absolute atomic E-state index is 13.3. The van der Waals surface area contributed by atoms with Crippen LogP contribution in [0.25, 0.3) is 0 Å². The Morgan fingerprint density at radius 1 is 1.03 bits per heavy atom. The zero-order chi connectivity index (χ0) is 23.4. The molecule has 2 aromatic rings. The van der Waals surface area contributed by atoms with Crippen molar-refractivity contribution >= 4 is 15.9 Å². The topological polar surface area (TPSA) is 66.9 Å². The van der Waals surface area contributed by atoms with Gasteiger partial charge in [-0.25, -0.2) is 8.42 Å². The van der Waals surface area contributed by atoms with E-state index in [0.29, 0.717) is 24.6 Å². The van der Waals surface area contributed by atoms with Gasteiger partial charge in [0.1, 0.15) is 5.75 Å². The van der Waals surface area contributed by atoms with Gasteiger partial charge in [-0.2, -0.15) is 4.31 Å². The maximum Gasteiger partial charge on any atom is 0.243 e. The molecule has 7 heteroatoms. The van der Waals surface area contributed by atoms with Crippen LogP contribution in [-0.2, 0) is 21.2 Å². The standard InChI is InChI=1S/C26H34N2O4S/c1-20-17-24(10-11-25(20)32-2)33(30,31)28-14-6-9-23(19-28)26(29)27-15-12-22(13-16-27)18-21-7-4-3-5-8-21/h3-5,7-8,10-11,17,22-23H,6,9,12-16,18-19H2,1-2H3/t23-/m1/s1. The number of likely N-dealkylation sites (tertiary alicyclic amines) is 1. The Labute approximate surface area is 197 Å². The summed E-state index contributed by atoms with van der Waals surface area (Å²) in [5.74, 6) is 1.10. The number of aryl methyl sites for hydroxylation is 1. The molecule has 0 radical (unpaired) electrons. The van der Waals surface area contributed by atoms with Crippen molar-refractivity contribution in [3.8, 4) is 5.75 Å². The molecule has 6 nitrogen and oxygen atoms in total. The number of piperidine rings is 2. The number of carbonyl (C=O) groups is 1. The SMILES string of the molecule is COc1ccc(S(=O)(=O)N2CCC[C@@H](C(=O)N3CCC(Cc4ccccc4)CC3)C2)cc1C. The Morgan fingerprint density at radius 3 is 2.42 bits per heavy atom. The summed E-state index contributed by atoms with van der Waals surface area (Å²) in [4.78, 5) is 15.5. The molecule has 2 heterocycles. The molecule has 1 atom stereocenters. The highest BCUT2D eigenvalue weighted by Gasteiger charge is 2.36. The fourth-order valence-electron chi connectivity index (χ4n) is 5.09. The van der Waals surface area contributed by atoms with Gasteiger partial charge in [-0.05, 0) is 74.3 Å². The van der Waals surface area contributed by atoms with Gasteiger partial charge in [-0.15, -0.1) is 0 Å². The molecule has 0 saturated carbocycles. The molecule has 0 aromatic heterocycles. The molecule has 0 aliphatic carbocycles. The highest BCUT2D eigenvalue weighted by molar-refractivity contribution is 7.89. The van der Waals surface area contributed by atoms with Crippen molar-refractivity contribution in [2.24, 2.45) is 11.8 Å². The van der Waals surface area contributed by atoms with Crippen LogP contribution >= 0.6 is 0 Å². The van der Waals surface area contributed by atoms with E-state index in [2.05, 4.69) is 24.3 Å². The third-order valence-electron chi connectivity index (χ3n) is 7.03. The van der Waals surface area contributed by atoms with Crippen molar-refractivity contribution in [2.45, 2.75) is 43.9 Å². The number of benzene rings is 2. The largest absolute Gasteiger partial charge is 0.496 e. The number of methoxy groups -OCH3 is 1. The summed E-state index contributed by atoms with van der Waals surface area (Å²) in [5, 5.41) is 0. The van der Waals surface area contributed by atoms with E-state index in [1.807, 2.05) is 17.9 Å². The number of hydrogen-bond donors (Lipinski definition) is 0. The first-order valence-corrected chi connectivity index (χ1v) is 13.3. The summed E-state index contributed by atoms with van der Waals surface area (Å²) < 4.78 is 33.3. The van der Waals surface area contributed by atoms with Gasteiger partial charge in [0.2, 0.25) is 15.9 Å². The maximum atomic E-state index is 13.3. The lowest BCUT2D eigenvalue weighted by Gasteiger charge is -2.37. The molecule has 33 heavy (non-hydrogen) atoms. The lowest BCUT2D eigenvalue weighted by atomic mass is 9.89. The van der Waals surface area contributed by atoms with E-state index < -0.39 is 10.0 Å². The van der Waals surface area contributed by atoms with Gasteiger partial charge in [0.15, 0.2) is 0 Å². The van der Waals surface area contributed by atoms with E-state index in [-0.39, 0.29) is 23.3 Å². The first kappa shape index (κ1) is 23.8. The average molecular weight is 471 g/mol. The number of sulfonamides is 1. The third kappa shape index (κ3) is 5.41. The second kappa shape index (κ2) is 10.3. The van der Waals surface area contributed by atoms with Crippen LogP contribution in [0.3, 0.4) is 0 Å². The van der Waals surface area contributed by atoms with Gasteiger partial charge < -0.3 is 9.64 Å². The fraction of sp³-hybridized carbons (Fsp3) is 0.500. The molecule has 0 N–H and O–H groups in total. The minimum atomic E-state index is -3.64. The Kier molecular flexibility index (Phi) is 7.39. The van der Waals surface area contributed by atoms with Crippen LogP contribution in [0, 0.1) is 18.8 Å². The summed E-state index contributed by atoms with van der Waals surface area (Å²) in [6.45, 7) is 4.07. The van der Waals surface area contributed by atoms with Crippen LogP contribution in [-0.4, -0.2) is 56.8 Å². The van der Waals surface area contributed by atoms with Gasteiger partial charge in [-0.3, -0.25) is 4.79 Å². The number of carbonyl (C=O) groups excluding carboxylic acids is 1. The summed E-state index contributed by atoms with van der Waals surface area (Å²) in [7, 11) is -2.07. The summed E-state index contributed by atoms with van der Waals surface area (Å²) in [5.41, 5.74) is 2.13. The van der Waals surface area contributed by atoms with E-state index in [0.717, 1.165) is 44.3 Å². The number of hydrogen-bond acceptors (Lipinski definition) is 4. The minimum Gasteiger partial charge on any atom is -0.496 e. The molecule has 1 amide bonds. The van der Waals surface area contributed by atoms with Crippen LogP contribution in [0.15, 0.2) is 53.4 Å². The number of amides is 1. The summed E-state index contributed by atoms with van der Waals surface area (Å²) in [6.07, 6.45) is 4.51. The quantitative estimate of drug-likeness (QED) is 0.643. The van der Waals surface area contributed by atoms with Crippen LogP contribution in [0.1, 0.15) is 36.8 Å². The van der Waals surface area contributed by atoms with Crippen molar-refractivity contribution in [1.29, 1.82) is 0 Å². The van der Waals surface area contributed by atoms with Gasteiger partial charge in [0.05, 0.1) is 17.9 Å². The zero-order valence-electron chi connectivity index (χ0n) is 19.6. The molecule has 0 spiro atoms. The van der Waals surface area contributed by atoms with Crippen molar-refractivity contribution in [1.82, 2.24) is 9.21 Å². The summed E-state index contributed by atoms with van der Waals surface area (Å²) in [6, 6.07) is 15.4. The molecular formula is C26H34N2O4S. The fourth-order valence-corrected chi connectivity index (χ4v) is 6.70. The number of nitrogens with zero attached hydrogens (tertiary/aromatic N) is 2. The Bertz CT molecular complexity index is 1060. The lowest BCUT2D eigenvalue weighted by Crippen LogP contribution is -2.48. The molecular weight excluding hydrogens is 436 g/mol. The molecule has 0 unspecified atom stereocenters. The van der Waals surface area contributed by atoms with Crippen molar-refractivity contribution < 1.29 is 17.9 Å². The molecule has 2 saturated heterocycles. The normalized spacial score (nSPS) is 20.5. The van der Waals surface area contributed by atoms with Gasteiger partial charge in [0.25, 0.3) is 0 Å². The Morgan fingerprint density at radius 2 is 1.76 bits per heavy atom. The van der Waals surface area contributed by atoms with Crippen LogP contribution in [0.4, 0.5) is 0 Å². The number of rotatable bonds is 6. The molecule has 0 bridgehead atoms. The molecule has 2 aliphatic rings. The predicted octanol–water partition coefficient (Wildman–Crippen LogP) is 3.89. The van der Waals surface area contributed by atoms with Crippen molar-refractivity contribution in [3.05, 3.63) is 59.7 Å².